The average Bonchev–Trinajstić information content (AvgIpc) is 3.24. The number of benzene rings is 1. The highest BCUT2D eigenvalue weighted by Crippen LogP contribution is 2.28. The fourth-order valence-electron chi connectivity index (χ4n) is 2.57. The molecule has 0 radical (unpaired) electrons. The Hall–Kier alpha value is -2.19. The Morgan fingerprint density at radius 3 is 3.08 bits per heavy atom. The molecule has 0 saturated carbocycles. The molecule has 0 bridgehead atoms. The second-order valence-electron chi connectivity index (χ2n) is 5.29. The highest BCUT2D eigenvalue weighted by molar-refractivity contribution is 7.71. The molecule has 3 rings (SSSR count). The molecule has 2 heterocycles. The molecule has 1 saturated heterocycles. The summed E-state index contributed by atoms with van der Waals surface area (Å²) in [6.07, 6.45) is 3.59. The molecule has 2 aromatic rings. The molecule has 1 atom stereocenters. The Morgan fingerprint density at radius 1 is 1.50 bits per heavy atom. The van der Waals surface area contributed by atoms with Gasteiger partial charge in [0.25, 0.3) is 0 Å². The van der Waals surface area contributed by atoms with Gasteiger partial charge in [-0.3, -0.25) is 5.10 Å². The third-order valence-electron chi connectivity index (χ3n) is 3.70. The van der Waals surface area contributed by atoms with Crippen LogP contribution in [0.5, 0.6) is 11.5 Å². The van der Waals surface area contributed by atoms with E-state index in [4.69, 9.17) is 26.4 Å². The third kappa shape index (κ3) is 3.49. The van der Waals surface area contributed by atoms with Crippen LogP contribution < -0.4 is 9.47 Å². The largest absolute Gasteiger partial charge is 0.493 e. The highest BCUT2D eigenvalue weighted by atomic mass is 32.1. The second kappa shape index (κ2) is 7.59. The van der Waals surface area contributed by atoms with Crippen molar-refractivity contribution in [3.05, 3.63) is 34.4 Å². The molecule has 8 heteroatoms. The van der Waals surface area contributed by atoms with Crippen LogP contribution in [0.2, 0.25) is 0 Å². The topological polar surface area (TPSA) is 73.7 Å². The van der Waals surface area contributed by atoms with Crippen LogP contribution in [0.4, 0.5) is 0 Å². The molecule has 0 amide bonds. The maximum Gasteiger partial charge on any atom is 0.216 e. The Labute approximate surface area is 145 Å². The van der Waals surface area contributed by atoms with Crippen LogP contribution in [0.25, 0.3) is 0 Å². The average molecular weight is 348 g/mol. The summed E-state index contributed by atoms with van der Waals surface area (Å²) in [5.74, 6) is 2.07. The number of rotatable bonds is 6. The molecule has 1 aromatic carbocycles. The third-order valence-corrected chi connectivity index (χ3v) is 3.97. The van der Waals surface area contributed by atoms with Crippen LogP contribution in [0.15, 0.2) is 23.3 Å². The van der Waals surface area contributed by atoms with Gasteiger partial charge >= 0.3 is 0 Å². The standard InChI is InChI=1S/C16H20N4O3S/c1-3-22-12-7-6-11(9-14(12)21-2)10-17-20-15(18-19-16(20)24)13-5-4-8-23-13/h6-7,9-10,13H,3-5,8H2,1-2H3,(H,19,24)/b17-10-/t13-/m1/s1. The molecule has 1 aromatic heterocycles. The highest BCUT2D eigenvalue weighted by Gasteiger charge is 2.23. The van der Waals surface area contributed by atoms with Gasteiger partial charge in [-0.25, -0.2) is 0 Å². The smallest absolute Gasteiger partial charge is 0.216 e. The van der Waals surface area contributed by atoms with E-state index in [1.54, 1.807) is 18.0 Å². The van der Waals surface area contributed by atoms with Gasteiger partial charge in [0, 0.05) is 6.61 Å². The summed E-state index contributed by atoms with van der Waals surface area (Å²) in [6, 6.07) is 5.63. The van der Waals surface area contributed by atoms with Crippen LogP contribution in [-0.4, -0.2) is 41.4 Å². The fourth-order valence-corrected chi connectivity index (χ4v) is 2.76. The number of aromatic amines is 1. The monoisotopic (exact) mass is 348 g/mol. The Morgan fingerprint density at radius 2 is 2.38 bits per heavy atom. The molecule has 1 N–H and O–H groups in total. The van der Waals surface area contributed by atoms with Crippen LogP contribution in [0.3, 0.4) is 0 Å². The normalized spacial score (nSPS) is 17.5. The Kier molecular flexibility index (Phi) is 5.27. The Bertz CT molecular complexity index is 778. The molecule has 0 spiro atoms. The van der Waals surface area contributed by atoms with Crippen molar-refractivity contribution in [2.75, 3.05) is 20.3 Å². The van der Waals surface area contributed by atoms with E-state index >= 15 is 0 Å². The number of hydrogen-bond donors (Lipinski definition) is 1. The number of H-pyrrole nitrogens is 1. The van der Waals surface area contributed by atoms with Crippen molar-refractivity contribution in [2.45, 2.75) is 25.9 Å². The zero-order valence-electron chi connectivity index (χ0n) is 13.7. The SMILES string of the molecule is CCOc1ccc(/C=N\n2c([C@H]3CCCO3)n[nH]c2=S)cc1OC. The minimum absolute atomic E-state index is 0.0648. The van der Waals surface area contributed by atoms with E-state index in [2.05, 4.69) is 15.3 Å². The lowest BCUT2D eigenvalue weighted by Gasteiger charge is -2.09. The van der Waals surface area contributed by atoms with E-state index < -0.39 is 0 Å². The lowest BCUT2D eigenvalue weighted by atomic mass is 10.2. The van der Waals surface area contributed by atoms with E-state index in [1.807, 2.05) is 25.1 Å². The maximum absolute atomic E-state index is 5.66. The van der Waals surface area contributed by atoms with Gasteiger partial charge in [0.05, 0.1) is 19.9 Å². The van der Waals surface area contributed by atoms with E-state index in [0.717, 1.165) is 25.0 Å². The summed E-state index contributed by atoms with van der Waals surface area (Å²) in [5.41, 5.74) is 0.872. The van der Waals surface area contributed by atoms with Gasteiger partial charge in [0.1, 0.15) is 6.10 Å². The second-order valence-corrected chi connectivity index (χ2v) is 5.68. The lowest BCUT2D eigenvalue weighted by Crippen LogP contribution is -2.05. The van der Waals surface area contributed by atoms with E-state index in [1.165, 1.54) is 0 Å². The lowest BCUT2D eigenvalue weighted by molar-refractivity contribution is 0.102. The van der Waals surface area contributed by atoms with Gasteiger partial charge in [-0.2, -0.15) is 14.9 Å². The molecular formula is C16H20N4O3S. The summed E-state index contributed by atoms with van der Waals surface area (Å²) < 4.78 is 18.6. The van der Waals surface area contributed by atoms with Gasteiger partial charge in [-0.05, 0) is 55.7 Å². The summed E-state index contributed by atoms with van der Waals surface area (Å²) in [6.45, 7) is 3.25. The molecule has 0 unspecified atom stereocenters. The minimum Gasteiger partial charge on any atom is -0.493 e. The summed E-state index contributed by atoms with van der Waals surface area (Å²) >= 11 is 5.26. The first-order valence-corrected chi connectivity index (χ1v) is 8.28. The first kappa shape index (κ1) is 16.7. The number of methoxy groups -OCH3 is 1. The molecule has 128 valence electrons. The van der Waals surface area contributed by atoms with Crippen molar-refractivity contribution < 1.29 is 14.2 Å². The van der Waals surface area contributed by atoms with Crippen molar-refractivity contribution in [3.8, 4) is 11.5 Å². The predicted octanol–water partition coefficient (Wildman–Crippen LogP) is 3.08. The van der Waals surface area contributed by atoms with Gasteiger partial charge < -0.3 is 14.2 Å². The number of nitrogens with zero attached hydrogens (tertiary/aromatic N) is 3. The molecular weight excluding hydrogens is 328 g/mol. The van der Waals surface area contributed by atoms with Crippen molar-refractivity contribution in [1.29, 1.82) is 0 Å². The minimum atomic E-state index is -0.0648. The zero-order valence-corrected chi connectivity index (χ0v) is 14.5. The Balaban J connectivity index is 1.86. The number of nitrogens with one attached hydrogen (secondary N) is 1. The van der Waals surface area contributed by atoms with Crippen LogP contribution in [-0.2, 0) is 4.74 Å². The molecule has 1 aliphatic rings. The van der Waals surface area contributed by atoms with Gasteiger partial charge in [-0.1, -0.05) is 0 Å². The van der Waals surface area contributed by atoms with E-state index in [0.29, 0.717) is 28.7 Å². The fraction of sp³-hybridized carbons (Fsp3) is 0.438. The van der Waals surface area contributed by atoms with Crippen molar-refractivity contribution in [3.63, 3.8) is 0 Å². The molecule has 24 heavy (non-hydrogen) atoms. The van der Waals surface area contributed by atoms with E-state index in [-0.39, 0.29) is 6.10 Å². The number of hydrogen-bond acceptors (Lipinski definition) is 6. The van der Waals surface area contributed by atoms with Crippen molar-refractivity contribution in [1.82, 2.24) is 14.9 Å². The van der Waals surface area contributed by atoms with Gasteiger partial charge in [-0.15, -0.1) is 0 Å². The maximum atomic E-state index is 5.66. The molecule has 7 nitrogen and oxygen atoms in total. The number of ether oxygens (including phenoxy) is 3. The number of aromatic nitrogens is 3. The first-order valence-electron chi connectivity index (χ1n) is 7.87. The summed E-state index contributed by atoms with van der Waals surface area (Å²) in [4.78, 5) is 0. The van der Waals surface area contributed by atoms with Crippen LogP contribution >= 0.6 is 12.2 Å². The molecule has 1 fully saturated rings. The van der Waals surface area contributed by atoms with Crippen molar-refractivity contribution in [2.24, 2.45) is 5.10 Å². The predicted molar refractivity (Wildman–Crippen MR) is 92.5 cm³/mol. The van der Waals surface area contributed by atoms with Crippen molar-refractivity contribution >= 4 is 18.4 Å². The first-order chi connectivity index (χ1) is 11.7. The van der Waals surface area contributed by atoms with Gasteiger partial charge in [0.15, 0.2) is 17.3 Å². The summed E-state index contributed by atoms with van der Waals surface area (Å²) in [7, 11) is 1.61. The van der Waals surface area contributed by atoms with Gasteiger partial charge in [0.2, 0.25) is 4.77 Å². The van der Waals surface area contributed by atoms with E-state index in [9.17, 15) is 0 Å². The zero-order chi connectivity index (χ0) is 16.9. The van der Waals surface area contributed by atoms with Crippen LogP contribution in [0.1, 0.15) is 37.3 Å². The summed E-state index contributed by atoms with van der Waals surface area (Å²) in [5, 5.41) is 11.5. The molecule has 1 aliphatic heterocycles. The molecule has 0 aliphatic carbocycles. The quantitative estimate of drug-likeness (QED) is 0.641. The van der Waals surface area contributed by atoms with Crippen LogP contribution in [0, 0.1) is 4.77 Å².